The van der Waals surface area contributed by atoms with Gasteiger partial charge in [0.1, 0.15) is 12.8 Å². The molecule has 0 aliphatic heterocycles. The maximum atomic E-state index is 12.2. The van der Waals surface area contributed by atoms with Crippen molar-refractivity contribution in [1.82, 2.24) is 9.78 Å². The highest BCUT2D eigenvalue weighted by molar-refractivity contribution is 5.65. The molecule has 0 saturated heterocycles. The fourth-order valence-electron chi connectivity index (χ4n) is 1.95. The van der Waals surface area contributed by atoms with Crippen LogP contribution in [-0.4, -0.2) is 16.1 Å². The predicted octanol–water partition coefficient (Wildman–Crippen LogP) is 2.57. The number of allylic oxidation sites excluding steroid dienone is 4. The Kier molecular flexibility index (Phi) is 6.01. The Morgan fingerprint density at radius 3 is 2.29 bits per heavy atom. The van der Waals surface area contributed by atoms with Crippen LogP contribution < -0.4 is 5.56 Å². The summed E-state index contributed by atoms with van der Waals surface area (Å²) in [6.07, 6.45) is 9.27. The maximum Gasteiger partial charge on any atom is 0.275 e. The number of carbonyl (C=O) groups is 1. The van der Waals surface area contributed by atoms with Crippen molar-refractivity contribution in [3.8, 4) is 0 Å². The van der Waals surface area contributed by atoms with Crippen molar-refractivity contribution in [3.63, 3.8) is 0 Å². The van der Waals surface area contributed by atoms with Gasteiger partial charge < -0.3 is 4.79 Å². The minimum absolute atomic E-state index is 0.0985. The molecule has 4 nitrogen and oxygen atoms in total. The van der Waals surface area contributed by atoms with Crippen LogP contribution in [0.5, 0.6) is 0 Å². The fraction of sp³-hybridized carbons (Fsp3) is 0.118. The first-order chi connectivity index (χ1) is 10.1. The molecule has 0 bridgehead atoms. The maximum absolute atomic E-state index is 12.2. The number of nitrogens with zero attached hydrogens (tertiary/aromatic N) is 2. The smallest absolute Gasteiger partial charge is 0.275 e. The van der Waals surface area contributed by atoms with E-state index in [4.69, 9.17) is 0 Å². The second-order valence-corrected chi connectivity index (χ2v) is 4.19. The third-order valence-corrected chi connectivity index (χ3v) is 2.93. The molecule has 0 fully saturated rings. The molecule has 1 aromatic heterocycles. The van der Waals surface area contributed by atoms with Crippen molar-refractivity contribution in [3.05, 3.63) is 77.3 Å². The van der Waals surface area contributed by atoms with E-state index in [1.165, 1.54) is 6.08 Å². The summed E-state index contributed by atoms with van der Waals surface area (Å²) in [7, 11) is 0. The van der Waals surface area contributed by atoms with Crippen molar-refractivity contribution in [2.24, 2.45) is 0 Å². The Morgan fingerprint density at radius 1 is 1.14 bits per heavy atom. The first kappa shape index (κ1) is 16.3. The second-order valence-electron chi connectivity index (χ2n) is 4.19. The zero-order valence-corrected chi connectivity index (χ0v) is 11.9. The molecule has 0 atom stereocenters. The van der Waals surface area contributed by atoms with Gasteiger partial charge in [0.05, 0.1) is 5.69 Å². The average molecular weight is 282 g/mol. The van der Waals surface area contributed by atoms with Crippen molar-refractivity contribution >= 4 is 18.4 Å². The van der Waals surface area contributed by atoms with Gasteiger partial charge in [0, 0.05) is 17.5 Å². The van der Waals surface area contributed by atoms with E-state index >= 15 is 0 Å². The Labute approximate surface area is 124 Å². The summed E-state index contributed by atoms with van der Waals surface area (Å²) in [6, 6.07) is 0. The normalized spacial score (nSPS) is 10.8. The molecule has 0 amide bonds. The van der Waals surface area contributed by atoms with Gasteiger partial charge >= 0.3 is 0 Å². The van der Waals surface area contributed by atoms with Gasteiger partial charge in [-0.3, -0.25) is 4.79 Å². The van der Waals surface area contributed by atoms with E-state index in [1.807, 2.05) is 6.08 Å². The van der Waals surface area contributed by atoms with E-state index in [0.29, 0.717) is 29.5 Å². The number of aromatic nitrogens is 2. The number of carbonyl (C=O) groups excluding carboxylic acids is 1. The molecule has 0 unspecified atom stereocenters. The number of aldehydes is 1. The first-order valence-electron chi connectivity index (χ1n) is 6.39. The van der Waals surface area contributed by atoms with Crippen LogP contribution in [0.4, 0.5) is 0 Å². The minimum atomic E-state index is -0.358. The fourth-order valence-corrected chi connectivity index (χ4v) is 1.95. The molecule has 108 valence electrons. The highest BCUT2D eigenvalue weighted by Crippen LogP contribution is 2.16. The van der Waals surface area contributed by atoms with Gasteiger partial charge in [0.2, 0.25) is 0 Å². The molecule has 0 aliphatic rings. The van der Waals surface area contributed by atoms with Gasteiger partial charge in [-0.2, -0.15) is 5.10 Å². The standard InChI is InChI=1S/C17H18N2O2/c1-5-9-13(6-2)12-16-14(7-3)15(8-4)17(21)19(18-16)10-11-20/h5-9,11H,1-4,10,12H2/b13-9+. The van der Waals surface area contributed by atoms with Crippen LogP contribution in [0.1, 0.15) is 16.8 Å². The SMILES string of the molecule is C=C/C=C(\C=C)Cc1nn(CC=O)c(=O)c(C=C)c1C=C. The Balaban J connectivity index is 3.55. The monoisotopic (exact) mass is 282 g/mol. The van der Waals surface area contributed by atoms with Crippen LogP contribution in [0.25, 0.3) is 12.2 Å². The van der Waals surface area contributed by atoms with Crippen LogP contribution in [0.2, 0.25) is 0 Å². The third kappa shape index (κ3) is 3.63. The van der Waals surface area contributed by atoms with E-state index in [-0.39, 0.29) is 12.1 Å². The van der Waals surface area contributed by atoms with Gasteiger partial charge in [-0.05, 0) is 5.57 Å². The topological polar surface area (TPSA) is 52.0 Å². The average Bonchev–Trinajstić information content (AvgIpc) is 2.49. The molecule has 21 heavy (non-hydrogen) atoms. The van der Waals surface area contributed by atoms with E-state index in [2.05, 4.69) is 31.4 Å². The van der Waals surface area contributed by atoms with E-state index in [1.54, 1.807) is 18.2 Å². The summed E-state index contributed by atoms with van der Waals surface area (Å²) in [6.45, 7) is 14.7. The highest BCUT2D eigenvalue weighted by atomic mass is 16.1. The Morgan fingerprint density at radius 2 is 1.81 bits per heavy atom. The van der Waals surface area contributed by atoms with E-state index in [0.717, 1.165) is 10.3 Å². The molecule has 4 heteroatoms. The van der Waals surface area contributed by atoms with E-state index in [9.17, 15) is 9.59 Å². The quantitative estimate of drug-likeness (QED) is 0.544. The Bertz CT molecular complexity index is 679. The zero-order chi connectivity index (χ0) is 15.8. The van der Waals surface area contributed by atoms with Crippen molar-refractivity contribution in [2.75, 3.05) is 0 Å². The lowest BCUT2D eigenvalue weighted by Gasteiger charge is -2.12. The number of hydrogen-bond acceptors (Lipinski definition) is 3. The summed E-state index contributed by atoms with van der Waals surface area (Å²) in [5.41, 5.74) is 2.18. The highest BCUT2D eigenvalue weighted by Gasteiger charge is 2.13. The lowest BCUT2D eigenvalue weighted by molar-refractivity contribution is -0.108. The lowest BCUT2D eigenvalue weighted by atomic mass is 10.0. The van der Waals surface area contributed by atoms with Crippen molar-refractivity contribution < 1.29 is 4.79 Å². The first-order valence-corrected chi connectivity index (χ1v) is 6.39. The molecular weight excluding hydrogens is 264 g/mol. The number of rotatable bonds is 8. The van der Waals surface area contributed by atoms with Crippen LogP contribution in [0.3, 0.4) is 0 Å². The largest absolute Gasteiger partial charge is 0.301 e. The second kappa shape index (κ2) is 7.75. The summed E-state index contributed by atoms with van der Waals surface area (Å²) in [5, 5.41) is 4.24. The lowest BCUT2D eigenvalue weighted by Crippen LogP contribution is -2.28. The van der Waals surface area contributed by atoms with Crippen LogP contribution in [0.15, 0.2) is 54.9 Å². The molecule has 0 saturated carbocycles. The molecule has 0 N–H and O–H groups in total. The predicted molar refractivity (Wildman–Crippen MR) is 86.9 cm³/mol. The molecule has 0 spiro atoms. The molecule has 1 rings (SSSR count). The molecular formula is C17H18N2O2. The molecule has 1 heterocycles. The molecule has 0 aromatic carbocycles. The third-order valence-electron chi connectivity index (χ3n) is 2.93. The van der Waals surface area contributed by atoms with Gasteiger partial charge in [-0.15, -0.1) is 0 Å². The van der Waals surface area contributed by atoms with Gasteiger partial charge in [0.15, 0.2) is 0 Å². The summed E-state index contributed by atoms with van der Waals surface area (Å²) >= 11 is 0. The zero-order valence-electron chi connectivity index (χ0n) is 11.9. The minimum Gasteiger partial charge on any atom is -0.301 e. The van der Waals surface area contributed by atoms with Crippen LogP contribution >= 0.6 is 0 Å². The molecule has 0 aliphatic carbocycles. The van der Waals surface area contributed by atoms with Gasteiger partial charge in [0.25, 0.3) is 5.56 Å². The molecule has 0 radical (unpaired) electrons. The summed E-state index contributed by atoms with van der Waals surface area (Å²) < 4.78 is 1.13. The van der Waals surface area contributed by atoms with Gasteiger partial charge in [-0.1, -0.05) is 56.7 Å². The number of hydrogen-bond donors (Lipinski definition) is 0. The van der Waals surface area contributed by atoms with Gasteiger partial charge in [-0.25, -0.2) is 4.68 Å². The summed E-state index contributed by atoms with van der Waals surface area (Å²) in [5.74, 6) is 0. The summed E-state index contributed by atoms with van der Waals surface area (Å²) in [4.78, 5) is 22.9. The van der Waals surface area contributed by atoms with E-state index < -0.39 is 0 Å². The van der Waals surface area contributed by atoms with Crippen molar-refractivity contribution in [2.45, 2.75) is 13.0 Å². The van der Waals surface area contributed by atoms with Crippen LogP contribution in [-0.2, 0) is 17.8 Å². The van der Waals surface area contributed by atoms with Crippen molar-refractivity contribution in [1.29, 1.82) is 0 Å². The van der Waals surface area contributed by atoms with Crippen LogP contribution in [0, 0.1) is 0 Å². The Hall–Kier alpha value is -2.75. The molecule has 1 aromatic rings.